The number of piperidine rings is 1. The Morgan fingerprint density at radius 2 is 1.93 bits per heavy atom. The highest BCUT2D eigenvalue weighted by Gasteiger charge is 2.19. The highest BCUT2D eigenvalue weighted by atomic mass is 79.9. The van der Waals surface area contributed by atoms with Crippen molar-refractivity contribution in [1.82, 2.24) is 14.5 Å². The Bertz CT molecular complexity index is 916. The molecule has 7 heteroatoms. The van der Waals surface area contributed by atoms with Gasteiger partial charge in [-0.25, -0.2) is 4.98 Å². The molecule has 4 rings (SSSR count). The first-order chi connectivity index (χ1) is 13.7. The molecule has 3 heterocycles. The molecule has 1 aliphatic rings. The average molecular weight is 460 g/mol. The van der Waals surface area contributed by atoms with E-state index in [2.05, 4.69) is 37.6 Å². The lowest BCUT2D eigenvalue weighted by atomic mass is 10.1. The van der Waals surface area contributed by atoms with Crippen LogP contribution in [0, 0.1) is 0 Å². The summed E-state index contributed by atoms with van der Waals surface area (Å²) in [6.07, 6.45) is 6.99. The van der Waals surface area contributed by atoms with Crippen LogP contribution in [0.15, 0.2) is 62.9 Å². The third-order valence-corrected chi connectivity index (χ3v) is 6.39. The lowest BCUT2D eigenvalue weighted by molar-refractivity contribution is -0.129. The predicted molar refractivity (Wildman–Crippen MR) is 114 cm³/mol. The molecule has 0 saturated carbocycles. The second-order valence-corrected chi connectivity index (χ2v) is 8.69. The maximum atomic E-state index is 12.6. The van der Waals surface area contributed by atoms with Crippen LogP contribution in [0.25, 0.3) is 11.3 Å². The number of aromatic nitrogens is 2. The van der Waals surface area contributed by atoms with Crippen molar-refractivity contribution in [2.75, 3.05) is 18.8 Å². The fourth-order valence-corrected chi connectivity index (χ4v) is 4.54. The molecule has 28 heavy (non-hydrogen) atoms. The van der Waals surface area contributed by atoms with Gasteiger partial charge in [0.15, 0.2) is 5.16 Å². The molecule has 0 radical (unpaired) electrons. The highest BCUT2D eigenvalue weighted by molar-refractivity contribution is 9.10. The van der Waals surface area contributed by atoms with Gasteiger partial charge in [-0.05, 0) is 49.1 Å². The van der Waals surface area contributed by atoms with Crippen LogP contribution in [0.4, 0.5) is 0 Å². The van der Waals surface area contributed by atoms with Gasteiger partial charge in [0.25, 0.3) is 0 Å². The molecule has 3 aromatic rings. The van der Waals surface area contributed by atoms with E-state index in [0.29, 0.717) is 12.3 Å². The Balaban J connectivity index is 1.55. The van der Waals surface area contributed by atoms with E-state index in [1.807, 2.05) is 35.4 Å². The van der Waals surface area contributed by atoms with Gasteiger partial charge in [0.05, 0.1) is 30.5 Å². The quantitative estimate of drug-likeness (QED) is 0.483. The molecule has 1 aliphatic heterocycles. The van der Waals surface area contributed by atoms with Gasteiger partial charge in [0.1, 0.15) is 5.76 Å². The van der Waals surface area contributed by atoms with E-state index >= 15 is 0 Å². The number of hydrogen-bond acceptors (Lipinski definition) is 4. The zero-order valence-corrected chi connectivity index (χ0v) is 17.9. The van der Waals surface area contributed by atoms with E-state index in [1.54, 1.807) is 6.26 Å². The van der Waals surface area contributed by atoms with Crippen molar-refractivity contribution in [3.05, 3.63) is 59.1 Å². The molecule has 0 atom stereocenters. The van der Waals surface area contributed by atoms with Gasteiger partial charge in [-0.15, -0.1) is 0 Å². The zero-order chi connectivity index (χ0) is 19.3. The molecule has 1 fully saturated rings. The minimum atomic E-state index is 0.197. The Morgan fingerprint density at radius 3 is 2.64 bits per heavy atom. The number of hydrogen-bond donors (Lipinski definition) is 0. The van der Waals surface area contributed by atoms with E-state index in [9.17, 15) is 4.79 Å². The van der Waals surface area contributed by atoms with Gasteiger partial charge in [-0.2, -0.15) is 0 Å². The number of thioether (sulfide) groups is 1. The SMILES string of the molecule is O=C(CSc1ncc(-c2ccc(Br)cc2)n1Cc1ccco1)N1CCCCC1. The summed E-state index contributed by atoms with van der Waals surface area (Å²) in [6, 6.07) is 12.0. The van der Waals surface area contributed by atoms with Crippen LogP contribution in [0.3, 0.4) is 0 Å². The number of benzene rings is 1. The largest absolute Gasteiger partial charge is 0.467 e. The molecule has 0 unspecified atom stereocenters. The minimum Gasteiger partial charge on any atom is -0.467 e. The maximum absolute atomic E-state index is 12.6. The molecule has 5 nitrogen and oxygen atoms in total. The first kappa shape index (κ1) is 19.3. The third-order valence-electron chi connectivity index (χ3n) is 4.89. The molecule has 1 saturated heterocycles. The molecular weight excluding hydrogens is 438 g/mol. The van der Waals surface area contributed by atoms with E-state index < -0.39 is 0 Å². The van der Waals surface area contributed by atoms with Crippen LogP contribution in [-0.4, -0.2) is 39.2 Å². The fraction of sp³-hybridized carbons (Fsp3) is 0.333. The molecule has 0 aliphatic carbocycles. The summed E-state index contributed by atoms with van der Waals surface area (Å²) in [5, 5.41) is 0.833. The van der Waals surface area contributed by atoms with Crippen molar-refractivity contribution in [3.8, 4) is 11.3 Å². The van der Waals surface area contributed by atoms with Crippen molar-refractivity contribution in [1.29, 1.82) is 0 Å². The first-order valence-corrected chi connectivity index (χ1v) is 11.2. The second kappa shape index (κ2) is 9.01. The van der Waals surface area contributed by atoms with Crippen LogP contribution in [0.5, 0.6) is 0 Å². The summed E-state index contributed by atoms with van der Waals surface area (Å²) in [6.45, 7) is 2.34. The van der Waals surface area contributed by atoms with Crippen molar-refractivity contribution in [2.45, 2.75) is 31.0 Å². The number of rotatable bonds is 6. The molecule has 146 valence electrons. The van der Waals surface area contributed by atoms with Crippen molar-refractivity contribution in [3.63, 3.8) is 0 Å². The Kier molecular flexibility index (Phi) is 6.22. The zero-order valence-electron chi connectivity index (χ0n) is 15.5. The number of furan rings is 1. The van der Waals surface area contributed by atoms with Crippen LogP contribution < -0.4 is 0 Å². The summed E-state index contributed by atoms with van der Waals surface area (Å²) >= 11 is 4.98. The van der Waals surface area contributed by atoms with Gasteiger partial charge in [-0.3, -0.25) is 4.79 Å². The van der Waals surface area contributed by atoms with E-state index in [4.69, 9.17) is 4.42 Å². The van der Waals surface area contributed by atoms with Crippen molar-refractivity contribution in [2.24, 2.45) is 0 Å². The van der Waals surface area contributed by atoms with Gasteiger partial charge < -0.3 is 13.9 Å². The average Bonchev–Trinajstić information content (AvgIpc) is 3.38. The number of amides is 1. The maximum Gasteiger partial charge on any atom is 0.233 e. The summed E-state index contributed by atoms with van der Waals surface area (Å²) in [5.41, 5.74) is 2.09. The van der Waals surface area contributed by atoms with Gasteiger partial charge in [0, 0.05) is 17.6 Å². The predicted octanol–water partition coefficient (Wildman–Crippen LogP) is 5.06. The Hall–Kier alpha value is -1.99. The standard InChI is InChI=1S/C21H22BrN3O2S/c22-17-8-6-16(7-9-17)19-13-23-21(25(19)14-18-5-4-12-27-18)28-15-20(26)24-10-2-1-3-11-24/h4-9,12-13H,1-3,10-11,14-15H2. The Labute approximate surface area is 177 Å². The number of imidazole rings is 1. The van der Waals surface area contributed by atoms with Crippen LogP contribution in [-0.2, 0) is 11.3 Å². The molecule has 1 aromatic carbocycles. The lowest BCUT2D eigenvalue weighted by Crippen LogP contribution is -2.36. The summed E-state index contributed by atoms with van der Waals surface area (Å²) in [5.74, 6) is 1.47. The number of likely N-dealkylation sites (tertiary alicyclic amines) is 1. The van der Waals surface area contributed by atoms with Crippen molar-refractivity contribution < 1.29 is 9.21 Å². The van der Waals surface area contributed by atoms with Crippen LogP contribution in [0.1, 0.15) is 25.0 Å². The first-order valence-electron chi connectivity index (χ1n) is 9.45. The number of carbonyl (C=O) groups is 1. The number of carbonyl (C=O) groups excluding carboxylic acids is 1. The molecular formula is C21H22BrN3O2S. The van der Waals surface area contributed by atoms with Crippen LogP contribution >= 0.6 is 27.7 Å². The third kappa shape index (κ3) is 4.52. The summed E-state index contributed by atoms with van der Waals surface area (Å²) < 4.78 is 8.71. The lowest BCUT2D eigenvalue weighted by Gasteiger charge is -2.26. The van der Waals surface area contributed by atoms with Crippen molar-refractivity contribution >= 4 is 33.6 Å². The topological polar surface area (TPSA) is 51.3 Å². The van der Waals surface area contributed by atoms with Gasteiger partial charge >= 0.3 is 0 Å². The Morgan fingerprint density at radius 1 is 1.14 bits per heavy atom. The number of nitrogens with zero attached hydrogens (tertiary/aromatic N) is 3. The van der Waals surface area contributed by atoms with E-state index in [0.717, 1.165) is 52.6 Å². The summed E-state index contributed by atoms with van der Waals surface area (Å²) in [4.78, 5) is 19.2. The smallest absolute Gasteiger partial charge is 0.233 e. The monoisotopic (exact) mass is 459 g/mol. The van der Waals surface area contributed by atoms with E-state index in [-0.39, 0.29) is 5.91 Å². The molecule has 0 N–H and O–H groups in total. The van der Waals surface area contributed by atoms with Crippen LogP contribution in [0.2, 0.25) is 0 Å². The van der Waals surface area contributed by atoms with Gasteiger partial charge in [0.2, 0.25) is 5.91 Å². The molecule has 2 aromatic heterocycles. The second-order valence-electron chi connectivity index (χ2n) is 6.83. The fourth-order valence-electron chi connectivity index (χ4n) is 3.40. The number of halogens is 1. The molecule has 1 amide bonds. The summed E-state index contributed by atoms with van der Waals surface area (Å²) in [7, 11) is 0. The normalized spacial score (nSPS) is 14.4. The molecule has 0 bridgehead atoms. The highest BCUT2D eigenvalue weighted by Crippen LogP contribution is 2.28. The molecule has 0 spiro atoms. The minimum absolute atomic E-state index is 0.197. The van der Waals surface area contributed by atoms with E-state index in [1.165, 1.54) is 18.2 Å². The van der Waals surface area contributed by atoms with Gasteiger partial charge in [-0.1, -0.05) is 39.8 Å².